The van der Waals surface area contributed by atoms with Crippen LogP contribution in [0.5, 0.6) is 0 Å². The quantitative estimate of drug-likeness (QED) is 0.361. The number of hydrogen-bond donors (Lipinski definition) is 1. The highest BCUT2D eigenvalue weighted by atomic mass is 35.7. The second-order valence-corrected chi connectivity index (χ2v) is 11.4. The number of ether oxygens (including phenoxy) is 1. The van der Waals surface area contributed by atoms with E-state index in [2.05, 4.69) is 0 Å². The first-order chi connectivity index (χ1) is 13.3. The highest BCUT2D eigenvalue weighted by molar-refractivity contribution is 8.13. The summed E-state index contributed by atoms with van der Waals surface area (Å²) in [5.74, 6) is -1.40. The summed E-state index contributed by atoms with van der Waals surface area (Å²) in [4.78, 5) is 24.2. The van der Waals surface area contributed by atoms with Crippen LogP contribution in [-0.2, 0) is 25.0 Å². The van der Waals surface area contributed by atoms with Crippen molar-refractivity contribution in [2.45, 2.75) is 45.4 Å². The minimum absolute atomic E-state index is 0.0398. The number of hydrogen-bond acceptors (Lipinski definition) is 6. The molecule has 2 aromatic rings. The Morgan fingerprint density at radius 2 is 1.90 bits per heavy atom. The number of esters is 1. The maximum absolute atomic E-state index is 12.3. The van der Waals surface area contributed by atoms with Crippen LogP contribution in [0.2, 0.25) is 0 Å². The lowest BCUT2D eigenvalue weighted by Crippen LogP contribution is -2.23. The van der Waals surface area contributed by atoms with Gasteiger partial charge in [-0.1, -0.05) is 18.2 Å². The number of rotatable bonds is 7. The molecule has 29 heavy (non-hydrogen) atoms. The Balaban J connectivity index is 2.33. The molecule has 0 saturated carbocycles. The number of carbonyl (C=O) groups is 2. The van der Waals surface area contributed by atoms with Gasteiger partial charge in [0.2, 0.25) is 0 Å². The van der Waals surface area contributed by atoms with Crippen molar-refractivity contribution in [3.8, 4) is 10.4 Å². The summed E-state index contributed by atoms with van der Waals surface area (Å²) < 4.78 is 29.9. The highest BCUT2D eigenvalue weighted by Gasteiger charge is 2.25. The van der Waals surface area contributed by atoms with E-state index in [9.17, 15) is 23.1 Å². The lowest BCUT2D eigenvalue weighted by Gasteiger charge is -2.17. The van der Waals surface area contributed by atoms with Crippen LogP contribution in [0.25, 0.3) is 10.4 Å². The predicted octanol–water partition coefficient (Wildman–Crippen LogP) is 4.87. The largest absolute Gasteiger partial charge is 0.478 e. The van der Waals surface area contributed by atoms with Gasteiger partial charge in [0.15, 0.2) is 0 Å². The number of thiophene rings is 1. The lowest BCUT2D eigenvalue weighted by molar-refractivity contribution is -0.153. The van der Waals surface area contributed by atoms with E-state index < -0.39 is 20.4 Å². The summed E-state index contributed by atoms with van der Waals surface area (Å²) in [5, 5.41) is 9.28. The highest BCUT2D eigenvalue weighted by Crippen LogP contribution is 2.38. The van der Waals surface area contributed by atoms with Gasteiger partial charge in [0.25, 0.3) is 9.05 Å². The van der Waals surface area contributed by atoms with Crippen LogP contribution in [0.3, 0.4) is 0 Å². The van der Waals surface area contributed by atoms with Gasteiger partial charge in [-0.25, -0.2) is 13.2 Å². The molecule has 9 heteroatoms. The maximum atomic E-state index is 12.3. The van der Waals surface area contributed by atoms with Crippen molar-refractivity contribution in [3.63, 3.8) is 0 Å². The molecule has 1 N–H and O–H groups in total. The number of carboxylic acids is 1. The molecule has 0 unspecified atom stereocenters. The molecule has 0 spiro atoms. The van der Waals surface area contributed by atoms with Crippen LogP contribution < -0.4 is 0 Å². The molecule has 0 radical (unpaired) electrons. The van der Waals surface area contributed by atoms with E-state index in [4.69, 9.17) is 15.4 Å². The molecule has 1 aromatic carbocycles. The molecule has 0 saturated heterocycles. The van der Waals surface area contributed by atoms with Gasteiger partial charge in [-0.15, -0.1) is 11.3 Å². The van der Waals surface area contributed by atoms with Gasteiger partial charge in [-0.3, -0.25) is 4.79 Å². The Morgan fingerprint density at radius 1 is 1.24 bits per heavy atom. The average Bonchev–Trinajstić information content (AvgIpc) is 2.98. The lowest BCUT2D eigenvalue weighted by atomic mass is 9.97. The Hall–Kier alpha value is -1.90. The van der Waals surface area contributed by atoms with E-state index in [-0.39, 0.29) is 23.0 Å². The van der Waals surface area contributed by atoms with Crippen LogP contribution in [0.1, 0.15) is 48.0 Å². The zero-order valence-corrected chi connectivity index (χ0v) is 19.0. The predicted molar refractivity (Wildman–Crippen MR) is 113 cm³/mol. The number of carbonyl (C=O) groups excluding carboxylic acids is 1. The molecule has 1 heterocycles. The Bertz CT molecular complexity index is 1030. The van der Waals surface area contributed by atoms with Crippen LogP contribution >= 0.6 is 22.0 Å². The molecule has 0 aliphatic heterocycles. The van der Waals surface area contributed by atoms with E-state index in [1.807, 2.05) is 0 Å². The van der Waals surface area contributed by atoms with E-state index in [1.54, 1.807) is 45.9 Å². The van der Waals surface area contributed by atoms with Gasteiger partial charge in [0.05, 0.1) is 22.5 Å². The van der Waals surface area contributed by atoms with Crippen molar-refractivity contribution in [1.29, 1.82) is 0 Å². The third kappa shape index (κ3) is 5.81. The zero-order valence-electron chi connectivity index (χ0n) is 16.6. The molecule has 158 valence electrons. The maximum Gasteiger partial charge on any atom is 0.336 e. The Morgan fingerprint density at radius 3 is 2.41 bits per heavy atom. The van der Waals surface area contributed by atoms with Crippen molar-refractivity contribution in [3.05, 3.63) is 40.3 Å². The molecule has 6 nitrogen and oxygen atoms in total. The molecule has 0 aliphatic rings. The molecule has 0 amide bonds. The van der Waals surface area contributed by atoms with Gasteiger partial charge in [-0.05, 0) is 52.2 Å². The molecule has 0 bridgehead atoms. The minimum atomic E-state index is -4.09. The standard InChI is InChI=1S/C20H23ClO6S2/c1-12-15(18(22)23)11-16(28-12)14-9-5-7-13(17(14)29(21,25)26)8-6-10-27-19(24)20(2,3)4/h5,7,9,11H,6,8,10H2,1-4H3,(H,22,23). The van der Waals surface area contributed by atoms with Crippen LogP contribution in [0.15, 0.2) is 29.2 Å². The van der Waals surface area contributed by atoms with Crippen molar-refractivity contribution >= 4 is 43.0 Å². The van der Waals surface area contributed by atoms with Crippen molar-refractivity contribution < 1.29 is 27.9 Å². The fraction of sp³-hybridized carbons (Fsp3) is 0.400. The summed E-state index contributed by atoms with van der Waals surface area (Å²) >= 11 is 1.20. The fourth-order valence-electron chi connectivity index (χ4n) is 2.73. The number of aryl methyl sites for hydroxylation is 2. The van der Waals surface area contributed by atoms with Gasteiger partial charge in [0.1, 0.15) is 0 Å². The van der Waals surface area contributed by atoms with E-state index >= 15 is 0 Å². The van der Waals surface area contributed by atoms with Crippen molar-refractivity contribution in [2.24, 2.45) is 5.41 Å². The molecule has 2 rings (SSSR count). The minimum Gasteiger partial charge on any atom is -0.478 e. The molecular weight excluding hydrogens is 436 g/mol. The topological polar surface area (TPSA) is 97.7 Å². The number of aromatic carboxylic acids is 1. The van der Waals surface area contributed by atoms with Crippen LogP contribution in [0.4, 0.5) is 0 Å². The zero-order chi connectivity index (χ0) is 22.0. The first-order valence-corrected chi connectivity index (χ1v) is 12.0. The monoisotopic (exact) mass is 458 g/mol. The summed E-state index contributed by atoms with van der Waals surface area (Å²) in [6, 6.07) is 6.42. The van der Waals surface area contributed by atoms with Crippen LogP contribution in [0, 0.1) is 12.3 Å². The third-order valence-corrected chi connectivity index (χ3v) is 6.71. The van der Waals surface area contributed by atoms with Gasteiger partial charge in [0, 0.05) is 26.0 Å². The van der Waals surface area contributed by atoms with Gasteiger partial charge in [-0.2, -0.15) is 0 Å². The summed E-state index contributed by atoms with van der Waals surface area (Å²) in [6.07, 6.45) is 0.761. The number of halogens is 1. The van der Waals surface area contributed by atoms with Crippen LogP contribution in [-0.4, -0.2) is 32.1 Å². The smallest absolute Gasteiger partial charge is 0.336 e. The Kier molecular flexibility index (Phi) is 7.14. The van der Waals surface area contributed by atoms with E-state index in [0.717, 1.165) is 0 Å². The number of carboxylic acid groups (broad SMARTS) is 1. The van der Waals surface area contributed by atoms with Gasteiger partial charge < -0.3 is 9.84 Å². The molecular formula is C20H23ClO6S2. The average molecular weight is 459 g/mol. The molecule has 1 aromatic heterocycles. The van der Waals surface area contributed by atoms with E-state index in [0.29, 0.717) is 33.7 Å². The molecule has 0 aliphatic carbocycles. The molecule has 0 atom stereocenters. The van der Waals surface area contributed by atoms with Crippen molar-refractivity contribution in [2.75, 3.05) is 6.61 Å². The first-order valence-electron chi connectivity index (χ1n) is 8.90. The SMILES string of the molecule is Cc1sc(-c2cccc(CCCOC(=O)C(C)(C)C)c2S(=O)(=O)Cl)cc1C(=O)O. The normalized spacial score (nSPS) is 12.0. The summed E-state index contributed by atoms with van der Waals surface area (Å²) in [7, 11) is 1.64. The van der Waals surface area contributed by atoms with E-state index in [1.165, 1.54) is 17.4 Å². The summed E-state index contributed by atoms with van der Waals surface area (Å²) in [6.45, 7) is 7.09. The Labute approximate surface area is 178 Å². The third-order valence-electron chi connectivity index (χ3n) is 4.19. The first kappa shape index (κ1) is 23.4. The van der Waals surface area contributed by atoms with Gasteiger partial charge >= 0.3 is 11.9 Å². The molecule has 0 fully saturated rings. The second-order valence-electron chi connectivity index (χ2n) is 7.61. The number of benzene rings is 1. The van der Waals surface area contributed by atoms with Crippen molar-refractivity contribution in [1.82, 2.24) is 0 Å². The second kappa shape index (κ2) is 8.85. The summed E-state index contributed by atoms with van der Waals surface area (Å²) in [5.41, 5.74) is 0.378. The fourth-order valence-corrected chi connectivity index (χ4v) is 5.31.